The van der Waals surface area contributed by atoms with Gasteiger partial charge >= 0.3 is 0 Å². The van der Waals surface area contributed by atoms with Gasteiger partial charge in [-0.3, -0.25) is 0 Å². The van der Waals surface area contributed by atoms with Gasteiger partial charge in [-0.05, 0) is 29.7 Å². The van der Waals surface area contributed by atoms with Gasteiger partial charge in [0.05, 0.1) is 7.11 Å². The third-order valence-corrected chi connectivity index (χ3v) is 3.90. The molecule has 0 aromatic heterocycles. The van der Waals surface area contributed by atoms with Gasteiger partial charge in [-0.2, -0.15) is 0 Å². The highest BCUT2D eigenvalue weighted by molar-refractivity contribution is 5.48. The molecule has 2 aromatic carbocycles. The Kier molecular flexibility index (Phi) is 5.99. The molecular formula is C19H24O3. The fourth-order valence-corrected chi connectivity index (χ4v) is 2.86. The van der Waals surface area contributed by atoms with E-state index in [4.69, 9.17) is 14.2 Å². The van der Waals surface area contributed by atoms with Crippen molar-refractivity contribution in [3.8, 4) is 5.75 Å². The van der Waals surface area contributed by atoms with Crippen molar-refractivity contribution in [1.29, 1.82) is 0 Å². The van der Waals surface area contributed by atoms with Crippen LogP contribution in [0.15, 0.2) is 42.5 Å². The van der Waals surface area contributed by atoms with Crippen LogP contribution in [0.1, 0.15) is 35.5 Å². The maximum atomic E-state index is 5.58. The van der Waals surface area contributed by atoms with Gasteiger partial charge in [-0.25, -0.2) is 0 Å². The Morgan fingerprint density at radius 1 is 0.864 bits per heavy atom. The van der Waals surface area contributed by atoms with Crippen LogP contribution in [0.2, 0.25) is 0 Å². The van der Waals surface area contributed by atoms with Crippen LogP contribution >= 0.6 is 0 Å². The van der Waals surface area contributed by atoms with Gasteiger partial charge in [-0.15, -0.1) is 0 Å². The van der Waals surface area contributed by atoms with Crippen molar-refractivity contribution in [2.24, 2.45) is 0 Å². The molecule has 0 aliphatic heterocycles. The Balaban J connectivity index is 2.51. The molecule has 0 saturated heterocycles. The monoisotopic (exact) mass is 300 g/mol. The van der Waals surface area contributed by atoms with Gasteiger partial charge in [0, 0.05) is 31.8 Å². The van der Waals surface area contributed by atoms with Crippen LogP contribution in [0, 0.1) is 0 Å². The van der Waals surface area contributed by atoms with E-state index in [0.717, 1.165) is 24.2 Å². The Bertz CT molecular complexity index is 589. The van der Waals surface area contributed by atoms with Gasteiger partial charge < -0.3 is 14.2 Å². The third kappa shape index (κ3) is 3.49. The maximum Gasteiger partial charge on any atom is 0.183 e. The molecule has 0 bridgehead atoms. The number of methoxy groups -OCH3 is 3. The van der Waals surface area contributed by atoms with E-state index in [1.54, 1.807) is 21.3 Å². The number of ether oxygens (including phenoxy) is 3. The van der Waals surface area contributed by atoms with Crippen molar-refractivity contribution in [1.82, 2.24) is 0 Å². The van der Waals surface area contributed by atoms with E-state index in [1.165, 1.54) is 16.7 Å². The molecule has 118 valence electrons. The van der Waals surface area contributed by atoms with Crippen molar-refractivity contribution in [2.45, 2.75) is 26.1 Å². The lowest BCUT2D eigenvalue weighted by Gasteiger charge is -2.22. The first-order valence-electron chi connectivity index (χ1n) is 7.53. The molecule has 0 unspecified atom stereocenters. The van der Waals surface area contributed by atoms with Gasteiger partial charge in [0.15, 0.2) is 6.29 Å². The Hall–Kier alpha value is -1.84. The molecule has 0 N–H and O–H groups in total. The van der Waals surface area contributed by atoms with Gasteiger partial charge in [0.25, 0.3) is 0 Å². The highest BCUT2D eigenvalue weighted by Crippen LogP contribution is 2.32. The van der Waals surface area contributed by atoms with Crippen molar-refractivity contribution in [3.05, 3.63) is 64.7 Å². The van der Waals surface area contributed by atoms with Crippen LogP contribution in [0.3, 0.4) is 0 Å². The minimum atomic E-state index is -0.352. The topological polar surface area (TPSA) is 27.7 Å². The fourth-order valence-electron chi connectivity index (χ4n) is 2.86. The lowest BCUT2D eigenvalue weighted by molar-refractivity contribution is -0.106. The molecule has 0 aliphatic rings. The first kappa shape index (κ1) is 16.5. The largest absolute Gasteiger partial charge is 0.496 e. The van der Waals surface area contributed by atoms with E-state index in [2.05, 4.69) is 31.2 Å². The zero-order valence-electron chi connectivity index (χ0n) is 13.8. The van der Waals surface area contributed by atoms with E-state index >= 15 is 0 Å². The zero-order chi connectivity index (χ0) is 15.9. The molecule has 2 aromatic rings. The van der Waals surface area contributed by atoms with E-state index < -0.39 is 0 Å². The number of benzene rings is 2. The summed E-state index contributed by atoms with van der Waals surface area (Å²) in [7, 11) is 5.04. The smallest absolute Gasteiger partial charge is 0.183 e. The highest BCUT2D eigenvalue weighted by Gasteiger charge is 2.19. The standard InChI is InChI=1S/C19H24O3/c1-5-15-16(19(21-3)22-4)11-12-18(20-2)17(15)13-14-9-7-6-8-10-14/h6-12,19H,5,13H2,1-4H3. The van der Waals surface area contributed by atoms with Crippen LogP contribution in [-0.4, -0.2) is 21.3 Å². The van der Waals surface area contributed by atoms with Crippen molar-refractivity contribution in [2.75, 3.05) is 21.3 Å². The zero-order valence-corrected chi connectivity index (χ0v) is 13.8. The summed E-state index contributed by atoms with van der Waals surface area (Å²) in [4.78, 5) is 0. The summed E-state index contributed by atoms with van der Waals surface area (Å²) in [5.41, 5.74) is 4.77. The van der Waals surface area contributed by atoms with Crippen LogP contribution in [0.4, 0.5) is 0 Å². The molecule has 3 heteroatoms. The summed E-state index contributed by atoms with van der Waals surface area (Å²) in [6.07, 6.45) is 1.38. The van der Waals surface area contributed by atoms with Crippen LogP contribution in [0.25, 0.3) is 0 Å². The van der Waals surface area contributed by atoms with Gasteiger partial charge in [0.1, 0.15) is 5.75 Å². The SMILES string of the molecule is CCc1c(C(OC)OC)ccc(OC)c1Cc1ccccc1. The first-order chi connectivity index (χ1) is 10.7. The molecule has 0 amide bonds. The summed E-state index contributed by atoms with van der Waals surface area (Å²) in [6.45, 7) is 2.15. The number of rotatable bonds is 7. The predicted octanol–water partition coefficient (Wildman–Crippen LogP) is 4.14. The highest BCUT2D eigenvalue weighted by atomic mass is 16.7. The minimum absolute atomic E-state index is 0.352. The van der Waals surface area contributed by atoms with Crippen molar-refractivity contribution < 1.29 is 14.2 Å². The average Bonchev–Trinajstić information content (AvgIpc) is 2.57. The Labute approximate surface area is 132 Å². The van der Waals surface area contributed by atoms with Crippen molar-refractivity contribution >= 4 is 0 Å². The lowest BCUT2D eigenvalue weighted by atomic mass is 9.92. The second kappa shape index (κ2) is 7.97. The fraction of sp³-hybridized carbons (Fsp3) is 0.368. The summed E-state index contributed by atoms with van der Waals surface area (Å²) < 4.78 is 16.5. The maximum absolute atomic E-state index is 5.58. The molecule has 3 nitrogen and oxygen atoms in total. The molecule has 0 fully saturated rings. The normalized spacial score (nSPS) is 11.0. The van der Waals surface area contributed by atoms with E-state index in [1.807, 2.05) is 18.2 Å². The second-order valence-corrected chi connectivity index (χ2v) is 5.13. The van der Waals surface area contributed by atoms with Crippen LogP contribution < -0.4 is 4.74 Å². The van der Waals surface area contributed by atoms with Gasteiger partial charge in [-0.1, -0.05) is 37.3 Å². The summed E-state index contributed by atoms with van der Waals surface area (Å²) in [6, 6.07) is 14.4. The average molecular weight is 300 g/mol. The lowest BCUT2D eigenvalue weighted by Crippen LogP contribution is -2.10. The first-order valence-corrected chi connectivity index (χ1v) is 7.53. The second-order valence-electron chi connectivity index (χ2n) is 5.13. The van der Waals surface area contributed by atoms with Crippen LogP contribution in [-0.2, 0) is 22.3 Å². The Morgan fingerprint density at radius 3 is 2.09 bits per heavy atom. The molecule has 0 heterocycles. The van der Waals surface area contributed by atoms with E-state index in [9.17, 15) is 0 Å². The molecule has 2 rings (SSSR count). The van der Waals surface area contributed by atoms with E-state index in [-0.39, 0.29) is 6.29 Å². The Morgan fingerprint density at radius 2 is 1.55 bits per heavy atom. The van der Waals surface area contributed by atoms with Crippen molar-refractivity contribution in [3.63, 3.8) is 0 Å². The summed E-state index contributed by atoms with van der Waals surface area (Å²) in [5.74, 6) is 0.912. The quantitative estimate of drug-likeness (QED) is 0.719. The number of hydrogen-bond acceptors (Lipinski definition) is 3. The molecule has 0 aliphatic carbocycles. The summed E-state index contributed by atoms with van der Waals surface area (Å²) >= 11 is 0. The third-order valence-electron chi connectivity index (χ3n) is 3.90. The molecule has 0 saturated carbocycles. The van der Waals surface area contributed by atoms with Gasteiger partial charge in [0.2, 0.25) is 0 Å². The summed E-state index contributed by atoms with van der Waals surface area (Å²) in [5, 5.41) is 0. The van der Waals surface area contributed by atoms with E-state index in [0.29, 0.717) is 0 Å². The molecule has 0 spiro atoms. The molecule has 0 atom stereocenters. The van der Waals surface area contributed by atoms with Crippen LogP contribution in [0.5, 0.6) is 5.75 Å². The molecule has 22 heavy (non-hydrogen) atoms. The minimum Gasteiger partial charge on any atom is -0.496 e. The molecule has 0 radical (unpaired) electrons. The molecular weight excluding hydrogens is 276 g/mol. The predicted molar refractivity (Wildman–Crippen MR) is 88.4 cm³/mol. The number of hydrogen-bond donors (Lipinski definition) is 0.